The van der Waals surface area contributed by atoms with Gasteiger partial charge in [0.1, 0.15) is 0 Å². The smallest absolute Gasteiger partial charge is 0.0403 e. The minimum Gasteiger partial charge on any atom is -0.365 e. The van der Waals surface area contributed by atoms with Crippen LogP contribution in [0.15, 0.2) is 18.2 Å². The van der Waals surface area contributed by atoms with Crippen molar-refractivity contribution in [2.45, 2.75) is 57.7 Å². The van der Waals surface area contributed by atoms with E-state index in [9.17, 15) is 0 Å². The van der Waals surface area contributed by atoms with Gasteiger partial charge in [-0.2, -0.15) is 0 Å². The Bertz CT molecular complexity index is 427. The monoisotopic (exact) mass is 244 g/mol. The number of benzene rings is 1. The Labute approximate surface area is 110 Å². The van der Waals surface area contributed by atoms with Gasteiger partial charge in [0, 0.05) is 23.8 Å². The molecule has 2 bridgehead atoms. The predicted octanol–water partition coefficient (Wildman–Crippen LogP) is 3.02. The molecule has 2 nitrogen and oxygen atoms in total. The SMILES string of the molecule is CNC1CC2CCC(C1)N2c1cc(C)ccc1C. The summed E-state index contributed by atoms with van der Waals surface area (Å²) in [4.78, 5) is 2.72. The first kappa shape index (κ1) is 12.0. The lowest BCUT2D eigenvalue weighted by molar-refractivity contribution is 0.373. The highest BCUT2D eigenvalue weighted by molar-refractivity contribution is 5.57. The third kappa shape index (κ3) is 1.93. The number of hydrogen-bond donors (Lipinski definition) is 1. The third-order valence-corrected chi connectivity index (χ3v) is 4.78. The van der Waals surface area contributed by atoms with Gasteiger partial charge in [0.25, 0.3) is 0 Å². The van der Waals surface area contributed by atoms with Crippen LogP contribution in [0.4, 0.5) is 5.69 Å². The maximum absolute atomic E-state index is 3.48. The summed E-state index contributed by atoms with van der Waals surface area (Å²) in [5, 5.41) is 3.48. The summed E-state index contributed by atoms with van der Waals surface area (Å²) in [6.45, 7) is 4.45. The summed E-state index contributed by atoms with van der Waals surface area (Å²) < 4.78 is 0. The van der Waals surface area contributed by atoms with Gasteiger partial charge in [-0.15, -0.1) is 0 Å². The summed E-state index contributed by atoms with van der Waals surface area (Å²) >= 11 is 0. The number of piperidine rings is 1. The minimum absolute atomic E-state index is 0.726. The summed E-state index contributed by atoms with van der Waals surface area (Å²) in [7, 11) is 2.11. The molecule has 1 aromatic carbocycles. The fraction of sp³-hybridized carbons (Fsp3) is 0.625. The van der Waals surface area contributed by atoms with Crippen molar-refractivity contribution < 1.29 is 0 Å². The Hall–Kier alpha value is -1.02. The fourth-order valence-electron chi connectivity index (χ4n) is 3.80. The summed E-state index contributed by atoms with van der Waals surface area (Å²) in [6, 6.07) is 9.10. The van der Waals surface area contributed by atoms with Gasteiger partial charge < -0.3 is 10.2 Å². The van der Waals surface area contributed by atoms with Crippen LogP contribution < -0.4 is 10.2 Å². The molecule has 0 aromatic heterocycles. The molecule has 3 rings (SSSR count). The summed E-state index contributed by atoms with van der Waals surface area (Å²) in [6.07, 6.45) is 5.35. The highest BCUT2D eigenvalue weighted by Gasteiger charge is 2.40. The first-order chi connectivity index (χ1) is 8.69. The van der Waals surface area contributed by atoms with Crippen molar-refractivity contribution in [1.82, 2.24) is 5.32 Å². The Morgan fingerprint density at radius 3 is 2.39 bits per heavy atom. The van der Waals surface area contributed by atoms with Gasteiger partial charge in [0.05, 0.1) is 0 Å². The van der Waals surface area contributed by atoms with E-state index in [1.54, 1.807) is 0 Å². The average Bonchev–Trinajstić information content (AvgIpc) is 2.63. The Balaban J connectivity index is 1.91. The molecule has 1 aromatic rings. The number of hydrogen-bond acceptors (Lipinski definition) is 2. The van der Waals surface area contributed by atoms with E-state index in [0.717, 1.165) is 18.1 Å². The first-order valence-corrected chi connectivity index (χ1v) is 7.22. The van der Waals surface area contributed by atoms with Crippen LogP contribution in [0.3, 0.4) is 0 Å². The number of rotatable bonds is 2. The Morgan fingerprint density at radius 1 is 1.11 bits per heavy atom. The third-order valence-electron chi connectivity index (χ3n) is 4.78. The van der Waals surface area contributed by atoms with Crippen LogP contribution in [0.2, 0.25) is 0 Å². The predicted molar refractivity (Wildman–Crippen MR) is 77.3 cm³/mol. The summed E-state index contributed by atoms with van der Waals surface area (Å²) in [5.74, 6) is 0. The number of nitrogens with one attached hydrogen (secondary N) is 1. The van der Waals surface area contributed by atoms with E-state index in [4.69, 9.17) is 0 Å². The minimum atomic E-state index is 0.726. The number of fused-ring (bicyclic) bond motifs is 2. The van der Waals surface area contributed by atoms with Crippen molar-refractivity contribution in [1.29, 1.82) is 0 Å². The van der Waals surface area contributed by atoms with Crippen LogP contribution in [0.1, 0.15) is 36.8 Å². The van der Waals surface area contributed by atoms with Crippen molar-refractivity contribution in [3.8, 4) is 0 Å². The molecule has 2 unspecified atom stereocenters. The molecule has 2 aliphatic rings. The van der Waals surface area contributed by atoms with Crippen LogP contribution in [-0.4, -0.2) is 25.2 Å². The molecule has 2 atom stereocenters. The van der Waals surface area contributed by atoms with Gasteiger partial charge in [-0.3, -0.25) is 0 Å². The summed E-state index contributed by atoms with van der Waals surface area (Å²) in [5.41, 5.74) is 4.29. The second-order valence-electron chi connectivity index (χ2n) is 6.04. The largest absolute Gasteiger partial charge is 0.365 e. The second kappa shape index (κ2) is 4.58. The van der Waals surface area contributed by atoms with Crippen LogP contribution in [0, 0.1) is 13.8 Å². The fourth-order valence-corrected chi connectivity index (χ4v) is 3.80. The van der Waals surface area contributed by atoms with Crippen LogP contribution in [0.25, 0.3) is 0 Å². The first-order valence-electron chi connectivity index (χ1n) is 7.22. The molecule has 0 saturated carbocycles. The van der Waals surface area contributed by atoms with Gasteiger partial charge in [-0.25, -0.2) is 0 Å². The van der Waals surface area contributed by atoms with Crippen LogP contribution >= 0.6 is 0 Å². The lowest BCUT2D eigenvalue weighted by Gasteiger charge is -2.41. The van der Waals surface area contributed by atoms with E-state index in [1.165, 1.54) is 42.5 Å². The van der Waals surface area contributed by atoms with Crippen molar-refractivity contribution in [3.63, 3.8) is 0 Å². The molecule has 2 aliphatic heterocycles. The van der Waals surface area contributed by atoms with E-state index in [-0.39, 0.29) is 0 Å². The highest BCUT2D eigenvalue weighted by atomic mass is 15.2. The maximum atomic E-state index is 3.48. The zero-order chi connectivity index (χ0) is 12.7. The molecular weight excluding hydrogens is 220 g/mol. The van der Waals surface area contributed by atoms with Crippen LogP contribution in [0.5, 0.6) is 0 Å². The van der Waals surface area contributed by atoms with Gasteiger partial charge in [0.2, 0.25) is 0 Å². The molecule has 1 N–H and O–H groups in total. The van der Waals surface area contributed by atoms with Gasteiger partial charge in [-0.05, 0) is 63.8 Å². The second-order valence-corrected chi connectivity index (χ2v) is 6.04. The zero-order valence-corrected chi connectivity index (χ0v) is 11.7. The van der Waals surface area contributed by atoms with E-state index < -0.39 is 0 Å². The molecule has 18 heavy (non-hydrogen) atoms. The van der Waals surface area contributed by atoms with Crippen molar-refractivity contribution in [3.05, 3.63) is 29.3 Å². The van der Waals surface area contributed by atoms with Crippen molar-refractivity contribution in [2.75, 3.05) is 11.9 Å². The normalized spacial score (nSPS) is 30.8. The maximum Gasteiger partial charge on any atom is 0.0403 e. The molecule has 98 valence electrons. The van der Waals surface area contributed by atoms with Crippen LogP contribution in [-0.2, 0) is 0 Å². The molecule has 2 fully saturated rings. The van der Waals surface area contributed by atoms with Gasteiger partial charge in [-0.1, -0.05) is 12.1 Å². The number of aryl methyl sites for hydroxylation is 2. The average molecular weight is 244 g/mol. The standard InChI is InChI=1S/C16H24N2/c1-11-4-5-12(2)16(8-11)18-14-6-7-15(18)10-13(9-14)17-3/h4-5,8,13-15,17H,6-7,9-10H2,1-3H3. The lowest BCUT2D eigenvalue weighted by atomic mass is 9.95. The topological polar surface area (TPSA) is 15.3 Å². The number of anilines is 1. The lowest BCUT2D eigenvalue weighted by Crippen LogP contribution is -2.48. The van der Waals surface area contributed by atoms with E-state index >= 15 is 0 Å². The highest BCUT2D eigenvalue weighted by Crippen LogP contribution is 2.40. The van der Waals surface area contributed by atoms with Crippen molar-refractivity contribution in [2.24, 2.45) is 0 Å². The molecule has 2 heteroatoms. The Morgan fingerprint density at radius 2 is 1.78 bits per heavy atom. The Kier molecular flexibility index (Phi) is 3.06. The molecular formula is C16H24N2. The molecule has 2 heterocycles. The molecule has 0 spiro atoms. The molecule has 0 amide bonds. The molecule has 2 saturated heterocycles. The van der Waals surface area contributed by atoms with Gasteiger partial charge >= 0.3 is 0 Å². The van der Waals surface area contributed by atoms with Crippen molar-refractivity contribution >= 4 is 5.69 Å². The molecule has 0 radical (unpaired) electrons. The van der Waals surface area contributed by atoms with E-state index in [2.05, 4.69) is 49.3 Å². The molecule has 0 aliphatic carbocycles. The van der Waals surface area contributed by atoms with E-state index in [0.29, 0.717) is 0 Å². The quantitative estimate of drug-likeness (QED) is 0.860. The number of nitrogens with zero attached hydrogens (tertiary/aromatic N) is 1. The van der Waals surface area contributed by atoms with E-state index in [1.807, 2.05) is 0 Å². The zero-order valence-electron chi connectivity index (χ0n) is 11.7. The van der Waals surface area contributed by atoms with Gasteiger partial charge in [0.15, 0.2) is 0 Å².